The van der Waals surface area contributed by atoms with Crippen molar-refractivity contribution < 1.29 is 9.47 Å². The summed E-state index contributed by atoms with van der Waals surface area (Å²) in [6, 6.07) is 2.54. The Morgan fingerprint density at radius 1 is 1.36 bits per heavy atom. The molecule has 0 unspecified atom stereocenters. The molecule has 2 aromatic heterocycles. The first kappa shape index (κ1) is 17.2. The van der Waals surface area contributed by atoms with Crippen molar-refractivity contribution in [1.82, 2.24) is 14.6 Å². The second-order valence-corrected chi connectivity index (χ2v) is 7.99. The molecule has 6 nitrogen and oxygen atoms in total. The molecule has 0 bridgehead atoms. The van der Waals surface area contributed by atoms with Crippen molar-refractivity contribution in [3.05, 3.63) is 22.4 Å². The van der Waals surface area contributed by atoms with E-state index in [0.29, 0.717) is 17.9 Å². The molecule has 1 N–H and O–H groups in total. The van der Waals surface area contributed by atoms with Gasteiger partial charge in [-0.2, -0.15) is 0 Å². The predicted octanol–water partition coefficient (Wildman–Crippen LogP) is 4.10. The van der Waals surface area contributed by atoms with Gasteiger partial charge in [0.2, 0.25) is 5.95 Å². The van der Waals surface area contributed by atoms with Crippen LogP contribution in [0.25, 0.3) is 5.52 Å². The van der Waals surface area contributed by atoms with Gasteiger partial charge in [-0.3, -0.25) is 0 Å². The highest BCUT2D eigenvalue weighted by atomic mass is 79.9. The fraction of sp³-hybridized carbons (Fsp3) is 0.667. The van der Waals surface area contributed by atoms with E-state index in [1.54, 1.807) is 0 Å². The number of aromatic nitrogens is 3. The average Bonchev–Trinajstić information content (AvgIpc) is 3.21. The summed E-state index contributed by atoms with van der Waals surface area (Å²) in [6.45, 7) is 5.74. The van der Waals surface area contributed by atoms with Crippen LogP contribution in [0.15, 0.2) is 16.7 Å². The van der Waals surface area contributed by atoms with Gasteiger partial charge in [-0.1, -0.05) is 6.92 Å². The van der Waals surface area contributed by atoms with E-state index >= 15 is 0 Å². The Morgan fingerprint density at radius 2 is 2.08 bits per heavy atom. The van der Waals surface area contributed by atoms with Crippen LogP contribution in [0.1, 0.15) is 57.6 Å². The number of fused-ring (bicyclic) bond motifs is 1. The molecule has 1 aliphatic carbocycles. The number of halogens is 1. The molecule has 0 radical (unpaired) electrons. The molecule has 0 amide bonds. The van der Waals surface area contributed by atoms with Crippen molar-refractivity contribution in [2.45, 2.75) is 63.7 Å². The average molecular weight is 409 g/mol. The Kier molecular flexibility index (Phi) is 4.73. The van der Waals surface area contributed by atoms with Gasteiger partial charge in [-0.25, -0.2) is 9.50 Å². The van der Waals surface area contributed by atoms with Gasteiger partial charge < -0.3 is 14.8 Å². The first-order valence-corrected chi connectivity index (χ1v) is 9.98. The van der Waals surface area contributed by atoms with Crippen LogP contribution in [0.3, 0.4) is 0 Å². The first-order chi connectivity index (χ1) is 12.1. The summed E-state index contributed by atoms with van der Waals surface area (Å²) in [5.41, 5.74) is 2.25. The topological polar surface area (TPSA) is 60.7 Å². The smallest absolute Gasteiger partial charge is 0.241 e. The third kappa shape index (κ3) is 3.29. The number of hydrogen-bond acceptors (Lipinski definition) is 5. The molecule has 4 rings (SSSR count). The van der Waals surface area contributed by atoms with Gasteiger partial charge in [0, 0.05) is 35.0 Å². The predicted molar refractivity (Wildman–Crippen MR) is 99.9 cm³/mol. The largest absolute Gasteiger partial charge is 0.351 e. The Hall–Kier alpha value is -1.18. The lowest BCUT2D eigenvalue weighted by Gasteiger charge is -2.35. The van der Waals surface area contributed by atoms with Crippen molar-refractivity contribution in [1.29, 1.82) is 0 Å². The summed E-state index contributed by atoms with van der Waals surface area (Å²) >= 11 is 3.66. The van der Waals surface area contributed by atoms with Gasteiger partial charge in [0.25, 0.3) is 0 Å². The Morgan fingerprint density at radius 3 is 2.76 bits per heavy atom. The summed E-state index contributed by atoms with van der Waals surface area (Å²) in [5, 5.41) is 8.11. The highest BCUT2D eigenvalue weighted by Crippen LogP contribution is 2.43. The molecule has 25 heavy (non-hydrogen) atoms. The fourth-order valence-corrected chi connectivity index (χ4v) is 4.30. The third-order valence-corrected chi connectivity index (χ3v) is 6.10. The summed E-state index contributed by atoms with van der Waals surface area (Å²) in [4.78, 5) is 4.46. The standard InChI is InChI=1S/C18H25BrN4O2/c1-3-12(2)21-17-20-11-16-14(19)10-15(23(16)22-17)13-4-6-18(7-5-13)24-8-9-25-18/h10-13H,3-9H2,1-2H3,(H,21,22)/t12-/m0/s1. The van der Waals surface area contributed by atoms with E-state index in [0.717, 1.165) is 55.3 Å². The zero-order chi connectivity index (χ0) is 17.4. The van der Waals surface area contributed by atoms with Crippen LogP contribution in [-0.4, -0.2) is 39.6 Å². The van der Waals surface area contributed by atoms with Gasteiger partial charge >= 0.3 is 0 Å². The molecule has 0 aromatic carbocycles. The second kappa shape index (κ2) is 6.85. The first-order valence-electron chi connectivity index (χ1n) is 9.19. The van der Waals surface area contributed by atoms with E-state index in [-0.39, 0.29) is 5.79 Å². The fourth-order valence-electron chi connectivity index (χ4n) is 3.79. The Balaban J connectivity index is 1.59. The summed E-state index contributed by atoms with van der Waals surface area (Å²) < 4.78 is 14.8. The van der Waals surface area contributed by atoms with E-state index in [1.807, 2.05) is 10.7 Å². The molecule has 2 aliphatic rings. The number of hydrogen-bond donors (Lipinski definition) is 1. The summed E-state index contributed by atoms with van der Waals surface area (Å²) in [6.07, 6.45) is 6.93. The molecule has 7 heteroatoms. The number of nitrogens with zero attached hydrogens (tertiary/aromatic N) is 3. The quantitative estimate of drug-likeness (QED) is 0.824. The SMILES string of the molecule is CC[C@H](C)Nc1ncc2c(Br)cc(C3CCC4(CC3)OCCO4)n2n1. The molecule has 3 heterocycles. The van der Waals surface area contributed by atoms with E-state index < -0.39 is 0 Å². The van der Waals surface area contributed by atoms with E-state index in [1.165, 1.54) is 5.69 Å². The maximum atomic E-state index is 5.86. The molecular formula is C18H25BrN4O2. The molecule has 1 aliphatic heterocycles. The minimum atomic E-state index is -0.320. The Labute approximate surface area is 156 Å². The van der Waals surface area contributed by atoms with Gasteiger partial charge in [0.05, 0.1) is 24.9 Å². The van der Waals surface area contributed by atoms with E-state index in [4.69, 9.17) is 14.6 Å². The lowest BCUT2D eigenvalue weighted by Crippen LogP contribution is -2.34. The highest BCUT2D eigenvalue weighted by Gasteiger charge is 2.41. The molecule has 1 saturated carbocycles. The summed E-state index contributed by atoms with van der Waals surface area (Å²) in [5.74, 6) is 0.823. The van der Waals surface area contributed by atoms with Crippen LogP contribution in [0.2, 0.25) is 0 Å². The monoisotopic (exact) mass is 408 g/mol. The van der Waals surface area contributed by atoms with Gasteiger partial charge in [-0.05, 0) is 48.2 Å². The van der Waals surface area contributed by atoms with Crippen molar-refractivity contribution >= 4 is 27.4 Å². The minimum absolute atomic E-state index is 0.320. The number of anilines is 1. The maximum absolute atomic E-state index is 5.86. The van der Waals surface area contributed by atoms with Crippen molar-refractivity contribution in [2.75, 3.05) is 18.5 Å². The molecule has 2 fully saturated rings. The molecular weight excluding hydrogens is 384 g/mol. The second-order valence-electron chi connectivity index (χ2n) is 7.13. The van der Waals surface area contributed by atoms with Crippen LogP contribution >= 0.6 is 15.9 Å². The van der Waals surface area contributed by atoms with E-state index in [9.17, 15) is 0 Å². The van der Waals surface area contributed by atoms with Gasteiger partial charge in [0.1, 0.15) is 0 Å². The zero-order valence-corrected chi connectivity index (χ0v) is 16.4. The van der Waals surface area contributed by atoms with Crippen LogP contribution in [-0.2, 0) is 9.47 Å². The van der Waals surface area contributed by atoms with Gasteiger partial charge in [0.15, 0.2) is 5.79 Å². The summed E-state index contributed by atoms with van der Waals surface area (Å²) in [7, 11) is 0. The number of nitrogens with one attached hydrogen (secondary N) is 1. The van der Waals surface area contributed by atoms with Crippen molar-refractivity contribution in [3.8, 4) is 0 Å². The van der Waals surface area contributed by atoms with Gasteiger partial charge in [-0.15, -0.1) is 5.10 Å². The lowest BCUT2D eigenvalue weighted by molar-refractivity contribution is -0.179. The molecule has 1 spiro atoms. The number of rotatable bonds is 4. The van der Waals surface area contributed by atoms with Crippen LogP contribution in [0.5, 0.6) is 0 Å². The van der Waals surface area contributed by atoms with Crippen molar-refractivity contribution in [2.24, 2.45) is 0 Å². The number of ether oxygens (including phenoxy) is 2. The molecule has 1 saturated heterocycles. The molecule has 136 valence electrons. The van der Waals surface area contributed by atoms with Crippen molar-refractivity contribution in [3.63, 3.8) is 0 Å². The zero-order valence-electron chi connectivity index (χ0n) is 14.8. The van der Waals surface area contributed by atoms with Crippen LogP contribution in [0, 0.1) is 0 Å². The van der Waals surface area contributed by atoms with E-state index in [2.05, 4.69) is 46.1 Å². The van der Waals surface area contributed by atoms with Crippen LogP contribution in [0.4, 0.5) is 5.95 Å². The lowest BCUT2D eigenvalue weighted by atomic mass is 9.83. The minimum Gasteiger partial charge on any atom is -0.351 e. The van der Waals surface area contributed by atoms with Crippen LogP contribution < -0.4 is 5.32 Å². The Bertz CT molecular complexity index is 747. The normalized spacial score (nSPS) is 21.9. The molecule has 1 atom stereocenters. The third-order valence-electron chi connectivity index (χ3n) is 5.46. The molecule has 2 aromatic rings. The highest BCUT2D eigenvalue weighted by molar-refractivity contribution is 9.10. The maximum Gasteiger partial charge on any atom is 0.241 e.